The lowest BCUT2D eigenvalue weighted by atomic mass is 9.99. The molecular weight excluding hydrogens is 351 g/mol. The standard InChI is InChI=1S/C21H24F3N3/c1-27(2)15-8-5-7-14(13-15)19-16(9-3-4-12-25)17-10-6-11-18(20(17)26-19)21(22,23)24/h5-8,10-11,13,26H,3-4,9,12,25H2,1-2H3. The average Bonchev–Trinajstić information content (AvgIpc) is 3.00. The first-order valence-corrected chi connectivity index (χ1v) is 9.01. The van der Waals surface area contributed by atoms with Gasteiger partial charge in [0.2, 0.25) is 0 Å². The Morgan fingerprint density at radius 2 is 1.78 bits per heavy atom. The van der Waals surface area contributed by atoms with Crippen molar-refractivity contribution in [2.24, 2.45) is 5.73 Å². The predicted octanol–water partition coefficient (Wildman–Crippen LogP) is 5.20. The van der Waals surface area contributed by atoms with Crippen molar-refractivity contribution in [3.63, 3.8) is 0 Å². The first-order chi connectivity index (χ1) is 12.8. The molecule has 0 atom stereocenters. The summed E-state index contributed by atoms with van der Waals surface area (Å²) in [4.78, 5) is 5.05. The van der Waals surface area contributed by atoms with Gasteiger partial charge >= 0.3 is 6.18 Å². The molecule has 144 valence electrons. The van der Waals surface area contributed by atoms with E-state index >= 15 is 0 Å². The molecule has 3 nitrogen and oxygen atoms in total. The maximum Gasteiger partial charge on any atom is 0.418 e. The minimum atomic E-state index is -4.40. The lowest BCUT2D eigenvalue weighted by Gasteiger charge is -2.14. The van der Waals surface area contributed by atoms with Crippen molar-refractivity contribution in [1.29, 1.82) is 0 Å². The second kappa shape index (κ2) is 7.64. The van der Waals surface area contributed by atoms with Gasteiger partial charge in [-0.1, -0.05) is 24.3 Å². The van der Waals surface area contributed by atoms with E-state index in [1.165, 1.54) is 6.07 Å². The number of halogens is 3. The van der Waals surface area contributed by atoms with Gasteiger partial charge in [-0.3, -0.25) is 0 Å². The summed E-state index contributed by atoms with van der Waals surface area (Å²) in [6, 6.07) is 12.2. The summed E-state index contributed by atoms with van der Waals surface area (Å²) in [6.07, 6.45) is -2.05. The van der Waals surface area contributed by atoms with Crippen molar-refractivity contribution in [3.8, 4) is 11.3 Å². The van der Waals surface area contributed by atoms with E-state index in [2.05, 4.69) is 4.98 Å². The highest BCUT2D eigenvalue weighted by Gasteiger charge is 2.34. The number of alkyl halides is 3. The Kier molecular flexibility index (Phi) is 5.46. The highest BCUT2D eigenvalue weighted by molar-refractivity contribution is 5.93. The first-order valence-electron chi connectivity index (χ1n) is 9.01. The number of aromatic nitrogens is 1. The van der Waals surface area contributed by atoms with Crippen molar-refractivity contribution < 1.29 is 13.2 Å². The third-order valence-corrected chi connectivity index (χ3v) is 4.78. The molecule has 0 fully saturated rings. The molecule has 0 aliphatic rings. The van der Waals surface area contributed by atoms with Gasteiger partial charge < -0.3 is 15.6 Å². The molecule has 1 heterocycles. The Morgan fingerprint density at radius 3 is 2.44 bits per heavy atom. The van der Waals surface area contributed by atoms with Crippen LogP contribution in [0.2, 0.25) is 0 Å². The molecule has 0 saturated heterocycles. The summed E-state index contributed by atoms with van der Waals surface area (Å²) in [5.41, 5.74) is 8.67. The zero-order valence-electron chi connectivity index (χ0n) is 15.5. The number of aromatic amines is 1. The normalized spacial score (nSPS) is 11.9. The van der Waals surface area contributed by atoms with Crippen molar-refractivity contribution in [3.05, 3.63) is 53.6 Å². The zero-order chi connectivity index (χ0) is 19.6. The fourth-order valence-corrected chi connectivity index (χ4v) is 3.40. The van der Waals surface area contributed by atoms with Crippen LogP contribution >= 0.6 is 0 Å². The molecule has 0 amide bonds. The summed E-state index contributed by atoms with van der Waals surface area (Å²) in [5.74, 6) is 0. The summed E-state index contributed by atoms with van der Waals surface area (Å²) in [6.45, 7) is 0.571. The number of fused-ring (bicyclic) bond motifs is 1. The molecule has 0 aliphatic carbocycles. The summed E-state index contributed by atoms with van der Waals surface area (Å²) in [7, 11) is 3.88. The van der Waals surface area contributed by atoms with Crippen LogP contribution < -0.4 is 10.6 Å². The Morgan fingerprint density at radius 1 is 1.04 bits per heavy atom. The van der Waals surface area contributed by atoms with Crippen molar-refractivity contribution in [1.82, 2.24) is 4.98 Å². The zero-order valence-corrected chi connectivity index (χ0v) is 15.5. The number of nitrogens with two attached hydrogens (primary N) is 1. The number of unbranched alkanes of at least 4 members (excludes halogenated alkanes) is 1. The predicted molar refractivity (Wildman–Crippen MR) is 105 cm³/mol. The highest BCUT2D eigenvalue weighted by Crippen LogP contribution is 2.39. The SMILES string of the molecule is CN(C)c1cccc(-c2[nH]c3c(C(F)(F)F)cccc3c2CCCCN)c1. The Hall–Kier alpha value is -2.47. The van der Waals surface area contributed by atoms with E-state index < -0.39 is 11.7 Å². The number of H-pyrrole nitrogens is 1. The van der Waals surface area contributed by atoms with Gasteiger partial charge in [0.25, 0.3) is 0 Å². The molecule has 3 aromatic rings. The van der Waals surface area contributed by atoms with E-state index in [1.54, 1.807) is 6.07 Å². The Balaban J connectivity index is 2.21. The topological polar surface area (TPSA) is 45.0 Å². The van der Waals surface area contributed by atoms with E-state index in [4.69, 9.17) is 5.73 Å². The molecule has 0 aliphatic heterocycles. The maximum atomic E-state index is 13.5. The third kappa shape index (κ3) is 3.95. The number of anilines is 1. The molecule has 3 N–H and O–H groups in total. The Bertz CT molecular complexity index is 926. The van der Waals surface area contributed by atoms with Gasteiger partial charge in [-0.25, -0.2) is 0 Å². The first kappa shape index (κ1) is 19.3. The van der Waals surface area contributed by atoms with Crippen LogP contribution in [0.15, 0.2) is 42.5 Å². The maximum absolute atomic E-state index is 13.5. The van der Waals surface area contributed by atoms with Crippen molar-refractivity contribution >= 4 is 16.6 Å². The quantitative estimate of drug-likeness (QED) is 0.582. The fourth-order valence-electron chi connectivity index (χ4n) is 3.40. The van der Waals surface area contributed by atoms with Crippen LogP contribution in [-0.2, 0) is 12.6 Å². The molecule has 27 heavy (non-hydrogen) atoms. The van der Waals surface area contributed by atoms with Crippen LogP contribution in [0.25, 0.3) is 22.2 Å². The highest BCUT2D eigenvalue weighted by atomic mass is 19.4. The second-order valence-corrected chi connectivity index (χ2v) is 6.89. The van der Waals surface area contributed by atoms with Gasteiger partial charge in [-0.05, 0) is 49.6 Å². The third-order valence-electron chi connectivity index (χ3n) is 4.78. The van der Waals surface area contributed by atoms with Crippen LogP contribution in [0, 0.1) is 0 Å². The molecule has 2 aromatic carbocycles. The second-order valence-electron chi connectivity index (χ2n) is 6.89. The monoisotopic (exact) mass is 375 g/mol. The van der Waals surface area contributed by atoms with E-state index in [9.17, 15) is 13.2 Å². The molecular formula is C21H24F3N3. The van der Waals surface area contributed by atoms with Gasteiger partial charge in [0, 0.05) is 36.4 Å². The number of aryl methyl sites for hydroxylation is 1. The number of nitrogens with zero attached hydrogens (tertiary/aromatic N) is 1. The van der Waals surface area contributed by atoms with Crippen LogP contribution in [0.5, 0.6) is 0 Å². The van der Waals surface area contributed by atoms with Gasteiger partial charge in [0.1, 0.15) is 0 Å². The summed E-state index contributed by atoms with van der Waals surface area (Å²) >= 11 is 0. The number of nitrogens with one attached hydrogen (secondary N) is 1. The summed E-state index contributed by atoms with van der Waals surface area (Å²) in [5, 5.41) is 0.632. The molecule has 0 spiro atoms. The van der Waals surface area contributed by atoms with Gasteiger partial charge in [0.15, 0.2) is 0 Å². The average molecular weight is 375 g/mol. The number of hydrogen-bond donors (Lipinski definition) is 2. The molecule has 0 saturated carbocycles. The number of hydrogen-bond acceptors (Lipinski definition) is 2. The minimum absolute atomic E-state index is 0.151. The molecule has 0 radical (unpaired) electrons. The van der Waals surface area contributed by atoms with Gasteiger partial charge in [-0.2, -0.15) is 13.2 Å². The summed E-state index contributed by atoms with van der Waals surface area (Å²) < 4.78 is 40.5. The van der Waals surface area contributed by atoms with Crippen LogP contribution in [0.1, 0.15) is 24.0 Å². The molecule has 6 heteroatoms. The lowest BCUT2D eigenvalue weighted by molar-refractivity contribution is -0.136. The van der Waals surface area contributed by atoms with Crippen LogP contribution in [0.3, 0.4) is 0 Å². The Labute approximate surface area is 157 Å². The lowest BCUT2D eigenvalue weighted by Crippen LogP contribution is -2.08. The molecule has 0 unspecified atom stereocenters. The van der Waals surface area contributed by atoms with Gasteiger partial charge in [0.05, 0.1) is 11.1 Å². The minimum Gasteiger partial charge on any atom is -0.378 e. The molecule has 1 aromatic heterocycles. The van der Waals surface area contributed by atoms with E-state index in [1.807, 2.05) is 43.3 Å². The largest absolute Gasteiger partial charge is 0.418 e. The van der Waals surface area contributed by atoms with E-state index in [0.717, 1.165) is 41.4 Å². The van der Waals surface area contributed by atoms with Crippen molar-refractivity contribution in [2.45, 2.75) is 25.4 Å². The van der Waals surface area contributed by atoms with Crippen LogP contribution in [-0.4, -0.2) is 25.6 Å². The fraction of sp³-hybridized carbons (Fsp3) is 0.333. The van der Waals surface area contributed by atoms with E-state index in [0.29, 0.717) is 18.4 Å². The van der Waals surface area contributed by atoms with Crippen molar-refractivity contribution in [2.75, 3.05) is 25.5 Å². The number of para-hydroxylation sites is 1. The number of rotatable bonds is 6. The molecule has 3 rings (SSSR count). The smallest absolute Gasteiger partial charge is 0.378 e. The van der Waals surface area contributed by atoms with Crippen LogP contribution in [0.4, 0.5) is 18.9 Å². The van der Waals surface area contributed by atoms with E-state index in [-0.39, 0.29) is 5.52 Å². The number of benzene rings is 2. The van der Waals surface area contributed by atoms with Gasteiger partial charge in [-0.15, -0.1) is 0 Å². The molecule has 0 bridgehead atoms.